The lowest BCUT2D eigenvalue weighted by Gasteiger charge is -2.20. The van der Waals surface area contributed by atoms with E-state index in [1.807, 2.05) is 36.4 Å². The number of fused-ring (bicyclic) bond motifs is 1. The summed E-state index contributed by atoms with van der Waals surface area (Å²) in [6, 6.07) is 18.1. The first-order chi connectivity index (χ1) is 11.1. The van der Waals surface area contributed by atoms with Crippen molar-refractivity contribution in [3.63, 3.8) is 0 Å². The molecular formula is C19H17BrN2O. The van der Waals surface area contributed by atoms with Crippen molar-refractivity contribution < 1.29 is 4.79 Å². The number of carbonyl (C=O) groups excluding carboxylic acids is 1. The molecule has 23 heavy (non-hydrogen) atoms. The molecule has 0 aliphatic rings. The van der Waals surface area contributed by atoms with Crippen LogP contribution in [0.3, 0.4) is 0 Å². The van der Waals surface area contributed by atoms with Crippen molar-refractivity contribution >= 4 is 32.7 Å². The summed E-state index contributed by atoms with van der Waals surface area (Å²) >= 11 is 3.52. The second kappa shape index (κ2) is 6.92. The van der Waals surface area contributed by atoms with Crippen LogP contribution in [-0.4, -0.2) is 10.9 Å². The highest BCUT2D eigenvalue weighted by atomic mass is 79.9. The lowest BCUT2D eigenvalue weighted by atomic mass is 9.96. The molecule has 0 saturated carbocycles. The molecule has 1 heterocycles. The highest BCUT2D eigenvalue weighted by molar-refractivity contribution is 9.10. The van der Waals surface area contributed by atoms with Crippen LogP contribution in [0.2, 0.25) is 0 Å². The van der Waals surface area contributed by atoms with Crippen molar-refractivity contribution in [1.82, 2.24) is 10.3 Å². The summed E-state index contributed by atoms with van der Waals surface area (Å²) < 4.78 is 1.00. The number of amides is 1. The summed E-state index contributed by atoms with van der Waals surface area (Å²) in [4.78, 5) is 16.1. The third kappa shape index (κ3) is 3.77. The van der Waals surface area contributed by atoms with Crippen LogP contribution in [0.5, 0.6) is 0 Å². The summed E-state index contributed by atoms with van der Waals surface area (Å²) in [5.41, 5.74) is 3.19. The first kappa shape index (κ1) is 15.7. The Kier molecular flexibility index (Phi) is 4.72. The van der Waals surface area contributed by atoms with E-state index in [1.165, 1.54) is 5.56 Å². The maximum Gasteiger partial charge on any atom is 0.217 e. The van der Waals surface area contributed by atoms with Gasteiger partial charge in [0.25, 0.3) is 0 Å². The number of pyridine rings is 1. The van der Waals surface area contributed by atoms with Gasteiger partial charge in [0.1, 0.15) is 0 Å². The Labute approximate surface area is 143 Å². The van der Waals surface area contributed by atoms with E-state index in [-0.39, 0.29) is 11.9 Å². The van der Waals surface area contributed by atoms with Crippen molar-refractivity contribution in [1.29, 1.82) is 0 Å². The van der Waals surface area contributed by atoms with Crippen LogP contribution in [0, 0.1) is 0 Å². The number of halogens is 1. The lowest BCUT2D eigenvalue weighted by Crippen LogP contribution is -2.27. The summed E-state index contributed by atoms with van der Waals surface area (Å²) in [6.07, 6.45) is 2.54. The molecule has 0 saturated heterocycles. The zero-order valence-corrected chi connectivity index (χ0v) is 14.4. The van der Waals surface area contributed by atoms with Gasteiger partial charge in [0.15, 0.2) is 0 Å². The molecular weight excluding hydrogens is 352 g/mol. The minimum absolute atomic E-state index is 0.0362. The van der Waals surface area contributed by atoms with Gasteiger partial charge in [0, 0.05) is 23.0 Å². The average Bonchev–Trinajstić information content (AvgIpc) is 2.54. The van der Waals surface area contributed by atoms with Gasteiger partial charge in [-0.1, -0.05) is 46.3 Å². The number of rotatable bonds is 4. The van der Waals surface area contributed by atoms with Crippen LogP contribution >= 0.6 is 15.9 Å². The Morgan fingerprint density at radius 3 is 2.70 bits per heavy atom. The molecule has 1 N–H and O–H groups in total. The molecule has 2 aromatic carbocycles. The topological polar surface area (TPSA) is 42.0 Å². The van der Waals surface area contributed by atoms with Gasteiger partial charge >= 0.3 is 0 Å². The van der Waals surface area contributed by atoms with Gasteiger partial charge in [-0.25, -0.2) is 0 Å². The van der Waals surface area contributed by atoms with E-state index in [2.05, 4.69) is 44.4 Å². The molecule has 0 aliphatic carbocycles. The summed E-state index contributed by atoms with van der Waals surface area (Å²) in [5.74, 6) is -0.0362. The molecule has 0 aliphatic heterocycles. The highest BCUT2D eigenvalue weighted by Gasteiger charge is 2.16. The fourth-order valence-electron chi connectivity index (χ4n) is 2.78. The van der Waals surface area contributed by atoms with Crippen LogP contribution in [0.25, 0.3) is 10.9 Å². The molecule has 3 rings (SSSR count). The zero-order chi connectivity index (χ0) is 16.2. The van der Waals surface area contributed by atoms with Gasteiger partial charge in [-0.2, -0.15) is 0 Å². The second-order valence-electron chi connectivity index (χ2n) is 5.50. The summed E-state index contributed by atoms with van der Waals surface area (Å²) in [6.45, 7) is 1.55. The van der Waals surface area contributed by atoms with E-state index in [1.54, 1.807) is 13.1 Å². The van der Waals surface area contributed by atoms with E-state index in [0.717, 1.165) is 27.4 Å². The average molecular weight is 369 g/mol. The molecule has 1 aromatic heterocycles. The smallest absolute Gasteiger partial charge is 0.217 e. The molecule has 4 heteroatoms. The van der Waals surface area contributed by atoms with E-state index >= 15 is 0 Å². The molecule has 0 bridgehead atoms. The van der Waals surface area contributed by atoms with Crippen LogP contribution in [0.15, 0.2) is 65.3 Å². The first-order valence-electron chi connectivity index (χ1n) is 7.48. The van der Waals surface area contributed by atoms with Crippen LogP contribution in [0.4, 0.5) is 0 Å². The molecule has 116 valence electrons. The Morgan fingerprint density at radius 2 is 1.96 bits per heavy atom. The molecule has 1 atom stereocenters. The number of hydrogen-bond donors (Lipinski definition) is 1. The minimum atomic E-state index is -0.0882. The SMILES string of the molecule is CC(=O)NC(Cc1ccccc1)c1ccnc2ccc(Br)cc12. The maximum atomic E-state index is 11.7. The maximum absolute atomic E-state index is 11.7. The Morgan fingerprint density at radius 1 is 1.17 bits per heavy atom. The first-order valence-corrected chi connectivity index (χ1v) is 8.28. The Bertz CT molecular complexity index is 833. The van der Waals surface area contributed by atoms with Crippen molar-refractivity contribution in [2.24, 2.45) is 0 Å². The standard InChI is InChI=1S/C19H17BrN2O/c1-13(23)22-19(11-14-5-3-2-4-6-14)16-9-10-21-18-8-7-15(20)12-17(16)18/h2-10,12,19H,11H2,1H3,(H,22,23). The monoisotopic (exact) mass is 368 g/mol. The van der Waals surface area contributed by atoms with Crippen molar-refractivity contribution in [3.8, 4) is 0 Å². The largest absolute Gasteiger partial charge is 0.349 e. The molecule has 3 nitrogen and oxygen atoms in total. The summed E-state index contributed by atoms with van der Waals surface area (Å²) in [5, 5.41) is 4.13. The zero-order valence-electron chi connectivity index (χ0n) is 12.8. The Hall–Kier alpha value is -2.20. The van der Waals surface area contributed by atoms with Crippen LogP contribution < -0.4 is 5.32 Å². The predicted octanol–water partition coefficient (Wildman–Crippen LogP) is 4.42. The number of carbonyl (C=O) groups is 1. The number of hydrogen-bond acceptors (Lipinski definition) is 2. The van der Waals surface area contributed by atoms with Crippen molar-refractivity contribution in [2.75, 3.05) is 0 Å². The van der Waals surface area contributed by atoms with Crippen molar-refractivity contribution in [3.05, 3.63) is 76.4 Å². The number of nitrogens with zero attached hydrogens (tertiary/aromatic N) is 1. The molecule has 0 spiro atoms. The quantitative estimate of drug-likeness (QED) is 0.740. The van der Waals surface area contributed by atoms with Gasteiger partial charge in [-0.15, -0.1) is 0 Å². The number of benzene rings is 2. The number of nitrogens with one attached hydrogen (secondary N) is 1. The fourth-order valence-corrected chi connectivity index (χ4v) is 3.14. The van der Waals surface area contributed by atoms with E-state index in [4.69, 9.17) is 0 Å². The molecule has 3 aromatic rings. The Balaban J connectivity index is 2.06. The predicted molar refractivity (Wildman–Crippen MR) is 96.1 cm³/mol. The summed E-state index contributed by atoms with van der Waals surface area (Å²) in [7, 11) is 0. The molecule has 1 unspecified atom stereocenters. The molecule has 0 fully saturated rings. The van der Waals surface area contributed by atoms with Crippen molar-refractivity contribution in [2.45, 2.75) is 19.4 Å². The van der Waals surface area contributed by atoms with Crippen LogP contribution in [-0.2, 0) is 11.2 Å². The minimum Gasteiger partial charge on any atom is -0.349 e. The van der Waals surface area contributed by atoms with Gasteiger partial charge in [-0.05, 0) is 41.8 Å². The fraction of sp³-hybridized carbons (Fsp3) is 0.158. The lowest BCUT2D eigenvalue weighted by molar-refractivity contribution is -0.119. The third-order valence-electron chi connectivity index (χ3n) is 3.77. The third-order valence-corrected chi connectivity index (χ3v) is 4.27. The van der Waals surface area contributed by atoms with E-state index in [9.17, 15) is 4.79 Å². The molecule has 0 radical (unpaired) electrons. The van der Waals surface area contributed by atoms with Gasteiger partial charge in [-0.3, -0.25) is 9.78 Å². The van der Waals surface area contributed by atoms with E-state index in [0.29, 0.717) is 0 Å². The van der Waals surface area contributed by atoms with Gasteiger partial charge in [0.2, 0.25) is 5.91 Å². The second-order valence-corrected chi connectivity index (χ2v) is 6.42. The van der Waals surface area contributed by atoms with Gasteiger partial charge in [0.05, 0.1) is 11.6 Å². The highest BCUT2D eigenvalue weighted by Crippen LogP contribution is 2.28. The van der Waals surface area contributed by atoms with E-state index < -0.39 is 0 Å². The normalized spacial score (nSPS) is 12.1. The molecule has 1 amide bonds. The van der Waals surface area contributed by atoms with Crippen LogP contribution in [0.1, 0.15) is 24.1 Å². The van der Waals surface area contributed by atoms with Gasteiger partial charge < -0.3 is 5.32 Å². The number of aromatic nitrogens is 1.